The molecule has 0 saturated carbocycles. The van der Waals surface area contributed by atoms with E-state index in [1.807, 2.05) is 12.2 Å². The molecule has 0 spiro atoms. The number of nitrogens with one attached hydrogen (secondary N) is 1. The number of terminal acetylenes is 1. The predicted molar refractivity (Wildman–Crippen MR) is 112 cm³/mol. The van der Waals surface area contributed by atoms with E-state index in [1.165, 1.54) is 13.0 Å². The topological polar surface area (TPSA) is 116 Å². The van der Waals surface area contributed by atoms with Crippen LogP contribution < -0.4 is 5.32 Å². The Morgan fingerprint density at radius 3 is 2.60 bits per heavy atom. The van der Waals surface area contributed by atoms with E-state index in [0.717, 1.165) is 5.70 Å². The van der Waals surface area contributed by atoms with Gasteiger partial charge < -0.3 is 25.4 Å². The van der Waals surface area contributed by atoms with Gasteiger partial charge in [-0.15, -0.1) is 6.42 Å². The molecule has 7 nitrogen and oxygen atoms in total. The van der Waals surface area contributed by atoms with E-state index in [2.05, 4.69) is 11.2 Å². The summed E-state index contributed by atoms with van der Waals surface area (Å²) in [6, 6.07) is 0. The van der Waals surface area contributed by atoms with Crippen molar-refractivity contribution in [3.8, 4) is 12.3 Å². The molecule has 2 rings (SSSR count). The van der Waals surface area contributed by atoms with Crippen LogP contribution in [-0.2, 0) is 14.3 Å². The lowest BCUT2D eigenvalue weighted by atomic mass is 9.61. The average molecular weight is 415 g/mol. The van der Waals surface area contributed by atoms with E-state index in [9.17, 15) is 19.8 Å². The molecular formula is C23H29NO6. The SMILES string of the molecule is C#C/C(=C(C)\C(=C/CO)CCC(=O)O)[C@]12CC=C(NC)C1C=C[C@H](OC(C)=O)[C@@H]2O. The zero-order chi connectivity index (χ0) is 22.5. The minimum absolute atomic E-state index is 0.115. The number of ether oxygens (including phenoxy) is 1. The van der Waals surface area contributed by atoms with Crippen LogP contribution in [-0.4, -0.2) is 53.1 Å². The highest BCUT2D eigenvalue weighted by Gasteiger charge is 2.55. The van der Waals surface area contributed by atoms with Gasteiger partial charge in [-0.2, -0.15) is 0 Å². The first-order chi connectivity index (χ1) is 14.2. The predicted octanol–water partition coefficient (Wildman–Crippen LogP) is 1.69. The zero-order valence-electron chi connectivity index (χ0n) is 17.5. The van der Waals surface area contributed by atoms with Gasteiger partial charge in [0.05, 0.1) is 6.61 Å². The van der Waals surface area contributed by atoms with Gasteiger partial charge in [-0.05, 0) is 37.0 Å². The van der Waals surface area contributed by atoms with Crippen LogP contribution in [0.25, 0.3) is 0 Å². The number of hydrogen-bond donors (Lipinski definition) is 4. The summed E-state index contributed by atoms with van der Waals surface area (Å²) in [6.45, 7) is 2.79. The maximum absolute atomic E-state index is 11.6. The Hall–Kier alpha value is -2.82. The van der Waals surface area contributed by atoms with E-state index in [0.29, 0.717) is 23.1 Å². The number of carbonyl (C=O) groups is 2. The van der Waals surface area contributed by atoms with Gasteiger partial charge in [-0.1, -0.05) is 24.1 Å². The molecule has 162 valence electrons. The van der Waals surface area contributed by atoms with Crippen LogP contribution in [0.15, 0.2) is 46.7 Å². The molecule has 0 fully saturated rings. The van der Waals surface area contributed by atoms with Crippen LogP contribution in [0.3, 0.4) is 0 Å². The summed E-state index contributed by atoms with van der Waals surface area (Å²) in [5, 5.41) is 33.0. The molecule has 0 aromatic heterocycles. The van der Waals surface area contributed by atoms with Gasteiger partial charge in [-0.3, -0.25) is 9.59 Å². The summed E-state index contributed by atoms with van der Waals surface area (Å²) in [4.78, 5) is 22.6. The monoisotopic (exact) mass is 415 g/mol. The number of carboxylic acids is 1. The highest BCUT2D eigenvalue weighted by Crippen LogP contribution is 2.55. The molecule has 2 aliphatic carbocycles. The highest BCUT2D eigenvalue weighted by atomic mass is 16.6. The third-order valence-electron chi connectivity index (χ3n) is 5.89. The van der Waals surface area contributed by atoms with Gasteiger partial charge in [0, 0.05) is 43.0 Å². The maximum atomic E-state index is 11.6. The number of hydrogen-bond acceptors (Lipinski definition) is 6. The molecule has 2 aliphatic rings. The number of aliphatic hydroxyl groups excluding tert-OH is 2. The number of aliphatic carboxylic acids is 1. The fourth-order valence-corrected chi connectivity index (χ4v) is 4.51. The quantitative estimate of drug-likeness (QED) is 0.206. The van der Waals surface area contributed by atoms with Gasteiger partial charge in [0.25, 0.3) is 0 Å². The van der Waals surface area contributed by atoms with E-state index < -0.39 is 29.6 Å². The van der Waals surface area contributed by atoms with Crippen LogP contribution in [0.4, 0.5) is 0 Å². The Labute approximate surface area is 176 Å². The molecule has 30 heavy (non-hydrogen) atoms. The third-order valence-corrected chi connectivity index (χ3v) is 5.89. The van der Waals surface area contributed by atoms with Crippen molar-refractivity contribution in [2.75, 3.05) is 13.7 Å². The van der Waals surface area contributed by atoms with Crippen LogP contribution in [0.5, 0.6) is 0 Å². The van der Waals surface area contributed by atoms with Crippen molar-refractivity contribution in [2.45, 2.75) is 45.3 Å². The summed E-state index contributed by atoms with van der Waals surface area (Å²) < 4.78 is 5.32. The number of carboxylic acid groups (broad SMARTS) is 1. The first kappa shape index (κ1) is 23.5. The summed E-state index contributed by atoms with van der Waals surface area (Å²) in [5.41, 5.74) is 1.70. The lowest BCUT2D eigenvalue weighted by molar-refractivity contribution is -0.154. The third kappa shape index (κ3) is 4.35. The van der Waals surface area contributed by atoms with Gasteiger partial charge in [-0.25, -0.2) is 0 Å². The standard InChI is InChI=1S/C23H29NO6/c1-5-17(14(2)16(11-13-25)6-9-21(27)28)23-12-10-19(24-4)18(23)7-8-20(22(23)29)30-15(3)26/h1,7-8,10-11,18,20,22,24-25,29H,6,9,12-13H2,2-4H3,(H,27,28)/b16-11-,17-14+/t18?,20-,22-,23+/m0/s1. The number of fused-ring (bicyclic) bond motifs is 1. The van der Waals surface area contributed by atoms with E-state index in [4.69, 9.17) is 16.3 Å². The van der Waals surface area contributed by atoms with Crippen LogP contribution in [0.1, 0.15) is 33.1 Å². The molecule has 7 heteroatoms. The van der Waals surface area contributed by atoms with Crippen molar-refractivity contribution in [2.24, 2.45) is 11.3 Å². The van der Waals surface area contributed by atoms with Gasteiger partial charge in [0.2, 0.25) is 0 Å². The lowest BCUT2D eigenvalue weighted by Crippen LogP contribution is -2.51. The molecule has 0 aromatic carbocycles. The number of aliphatic hydroxyl groups is 2. The summed E-state index contributed by atoms with van der Waals surface area (Å²) in [5.74, 6) is 0.990. The van der Waals surface area contributed by atoms with E-state index >= 15 is 0 Å². The molecule has 4 N–H and O–H groups in total. The largest absolute Gasteiger partial charge is 0.481 e. The molecule has 0 saturated heterocycles. The minimum Gasteiger partial charge on any atom is -0.481 e. The van der Waals surface area contributed by atoms with Crippen LogP contribution in [0, 0.1) is 23.7 Å². The van der Waals surface area contributed by atoms with Crippen molar-refractivity contribution < 1.29 is 29.6 Å². The molecule has 4 atom stereocenters. The molecule has 0 aliphatic heterocycles. The second-order valence-corrected chi connectivity index (χ2v) is 7.49. The van der Waals surface area contributed by atoms with Crippen LogP contribution >= 0.6 is 0 Å². The molecule has 0 bridgehead atoms. The zero-order valence-corrected chi connectivity index (χ0v) is 17.5. The molecule has 0 heterocycles. The molecule has 0 radical (unpaired) electrons. The maximum Gasteiger partial charge on any atom is 0.303 e. The number of carbonyl (C=O) groups excluding carboxylic acids is 1. The molecule has 0 amide bonds. The number of allylic oxidation sites excluding steroid dienone is 4. The van der Waals surface area contributed by atoms with Crippen molar-refractivity contribution >= 4 is 11.9 Å². The van der Waals surface area contributed by atoms with Crippen molar-refractivity contribution in [1.82, 2.24) is 5.32 Å². The number of rotatable bonds is 8. The fourth-order valence-electron chi connectivity index (χ4n) is 4.51. The lowest BCUT2D eigenvalue weighted by Gasteiger charge is -2.45. The van der Waals surface area contributed by atoms with Gasteiger partial charge in [0.15, 0.2) is 0 Å². The van der Waals surface area contributed by atoms with Crippen molar-refractivity contribution in [3.05, 3.63) is 46.7 Å². The Balaban J connectivity index is 2.63. The molecule has 0 aromatic rings. The second kappa shape index (κ2) is 9.79. The first-order valence-electron chi connectivity index (χ1n) is 9.84. The van der Waals surface area contributed by atoms with Gasteiger partial charge in [0.1, 0.15) is 12.2 Å². The Bertz CT molecular complexity index is 859. The van der Waals surface area contributed by atoms with Crippen molar-refractivity contribution in [1.29, 1.82) is 0 Å². The van der Waals surface area contributed by atoms with E-state index in [-0.39, 0.29) is 25.4 Å². The number of esters is 1. The summed E-state index contributed by atoms with van der Waals surface area (Å²) >= 11 is 0. The first-order valence-corrected chi connectivity index (χ1v) is 9.84. The average Bonchev–Trinajstić information content (AvgIpc) is 3.07. The summed E-state index contributed by atoms with van der Waals surface area (Å²) in [6.07, 6.45) is 11.5. The Morgan fingerprint density at radius 2 is 2.07 bits per heavy atom. The van der Waals surface area contributed by atoms with Crippen LogP contribution in [0.2, 0.25) is 0 Å². The normalized spacial score (nSPS) is 28.7. The second-order valence-electron chi connectivity index (χ2n) is 7.49. The van der Waals surface area contributed by atoms with Crippen molar-refractivity contribution in [3.63, 3.8) is 0 Å². The molecule has 1 unspecified atom stereocenters. The summed E-state index contributed by atoms with van der Waals surface area (Å²) in [7, 11) is 1.79. The Kier molecular flexibility index (Phi) is 7.65. The minimum atomic E-state index is -1.10. The molecular weight excluding hydrogens is 386 g/mol. The fraction of sp³-hybridized carbons (Fsp3) is 0.478. The highest BCUT2D eigenvalue weighted by molar-refractivity contribution is 5.68. The van der Waals surface area contributed by atoms with E-state index in [1.54, 1.807) is 20.0 Å². The Morgan fingerprint density at radius 1 is 1.37 bits per heavy atom. The van der Waals surface area contributed by atoms with Gasteiger partial charge >= 0.3 is 11.9 Å². The smallest absolute Gasteiger partial charge is 0.303 e.